The highest BCUT2D eigenvalue weighted by Crippen LogP contribution is 2.18. The summed E-state index contributed by atoms with van der Waals surface area (Å²) in [6.07, 6.45) is 0.0166. The Hall–Kier alpha value is -2.95. The quantitative estimate of drug-likeness (QED) is 0.512. The lowest BCUT2D eigenvalue weighted by Gasteiger charge is -2.25. The summed E-state index contributed by atoms with van der Waals surface area (Å²) >= 11 is 0. The van der Waals surface area contributed by atoms with Crippen LogP contribution in [0.2, 0.25) is 0 Å². The van der Waals surface area contributed by atoms with Crippen molar-refractivity contribution in [2.75, 3.05) is 13.7 Å². The standard InChI is InChI=1S/C23H27NO4/c1-16-10-11-20(14-17(16)2)21(25)12-13-23(27)28-15-22(26)24(4)18(3)19-8-6-5-7-9-19/h5-11,14,18H,12-13,15H2,1-4H3. The van der Waals surface area contributed by atoms with E-state index in [1.165, 1.54) is 0 Å². The molecule has 0 saturated heterocycles. The minimum atomic E-state index is -0.550. The van der Waals surface area contributed by atoms with E-state index in [4.69, 9.17) is 4.74 Å². The number of carbonyl (C=O) groups excluding carboxylic acids is 3. The third-order valence-corrected chi connectivity index (χ3v) is 5.00. The molecule has 1 atom stereocenters. The number of likely N-dealkylation sites (N-methyl/N-ethyl adjacent to an activating group) is 1. The van der Waals surface area contributed by atoms with E-state index >= 15 is 0 Å². The topological polar surface area (TPSA) is 63.7 Å². The van der Waals surface area contributed by atoms with E-state index in [0.717, 1.165) is 16.7 Å². The third-order valence-electron chi connectivity index (χ3n) is 5.00. The molecule has 0 aliphatic heterocycles. The number of benzene rings is 2. The molecule has 0 aliphatic rings. The predicted octanol–water partition coefficient (Wildman–Crippen LogP) is 4.03. The largest absolute Gasteiger partial charge is 0.456 e. The second kappa shape index (κ2) is 9.83. The molecule has 1 unspecified atom stereocenters. The van der Waals surface area contributed by atoms with Crippen LogP contribution < -0.4 is 0 Å². The monoisotopic (exact) mass is 381 g/mol. The highest BCUT2D eigenvalue weighted by atomic mass is 16.5. The molecule has 0 aromatic heterocycles. The lowest BCUT2D eigenvalue weighted by atomic mass is 10.0. The number of hydrogen-bond donors (Lipinski definition) is 0. The van der Waals surface area contributed by atoms with Crippen molar-refractivity contribution in [2.24, 2.45) is 0 Å². The molecule has 0 bridgehead atoms. The zero-order chi connectivity index (χ0) is 20.7. The Bertz CT molecular complexity index is 845. The van der Waals surface area contributed by atoms with Gasteiger partial charge in [-0.2, -0.15) is 0 Å². The molecule has 28 heavy (non-hydrogen) atoms. The summed E-state index contributed by atoms with van der Waals surface area (Å²) in [4.78, 5) is 38.0. The van der Waals surface area contributed by atoms with E-state index < -0.39 is 5.97 Å². The lowest BCUT2D eigenvalue weighted by molar-refractivity contribution is -0.152. The number of aryl methyl sites for hydroxylation is 2. The maximum Gasteiger partial charge on any atom is 0.306 e. The van der Waals surface area contributed by atoms with Gasteiger partial charge in [0.05, 0.1) is 12.5 Å². The molecule has 0 fully saturated rings. The molecule has 2 aromatic rings. The average Bonchev–Trinajstić information content (AvgIpc) is 2.71. The second-order valence-electron chi connectivity index (χ2n) is 6.97. The molecule has 2 aromatic carbocycles. The molecule has 0 saturated carbocycles. The first-order valence-corrected chi connectivity index (χ1v) is 9.36. The normalized spacial score (nSPS) is 11.6. The van der Waals surface area contributed by atoms with Crippen LogP contribution in [-0.2, 0) is 14.3 Å². The zero-order valence-corrected chi connectivity index (χ0v) is 16.9. The first-order valence-electron chi connectivity index (χ1n) is 9.36. The van der Waals surface area contributed by atoms with Gasteiger partial charge < -0.3 is 9.64 Å². The molecule has 0 aliphatic carbocycles. The van der Waals surface area contributed by atoms with Crippen LogP contribution in [0.15, 0.2) is 48.5 Å². The Kier molecular flexibility index (Phi) is 7.50. The molecule has 0 radical (unpaired) electrons. The highest BCUT2D eigenvalue weighted by Gasteiger charge is 2.19. The van der Waals surface area contributed by atoms with Crippen molar-refractivity contribution in [3.63, 3.8) is 0 Å². The molecule has 0 N–H and O–H groups in total. The van der Waals surface area contributed by atoms with Gasteiger partial charge in [-0.25, -0.2) is 0 Å². The molecule has 0 heterocycles. The van der Waals surface area contributed by atoms with Crippen molar-refractivity contribution in [3.8, 4) is 0 Å². The van der Waals surface area contributed by atoms with Crippen LogP contribution in [-0.4, -0.2) is 36.2 Å². The summed E-state index contributed by atoms with van der Waals surface area (Å²) in [5, 5.41) is 0. The van der Waals surface area contributed by atoms with Gasteiger partial charge >= 0.3 is 5.97 Å². The van der Waals surface area contributed by atoms with Crippen LogP contribution >= 0.6 is 0 Å². The minimum absolute atomic E-state index is 0.0447. The Morgan fingerprint density at radius 1 is 0.964 bits per heavy atom. The lowest BCUT2D eigenvalue weighted by Crippen LogP contribution is -2.33. The van der Waals surface area contributed by atoms with Crippen molar-refractivity contribution >= 4 is 17.7 Å². The van der Waals surface area contributed by atoms with Crippen LogP contribution in [0.1, 0.15) is 52.9 Å². The number of rotatable bonds is 8. The van der Waals surface area contributed by atoms with Crippen LogP contribution in [0.4, 0.5) is 0 Å². The van der Waals surface area contributed by atoms with Gasteiger partial charge in [-0.1, -0.05) is 42.5 Å². The van der Waals surface area contributed by atoms with Gasteiger partial charge in [-0.05, 0) is 43.5 Å². The first kappa shape index (κ1) is 21.4. The van der Waals surface area contributed by atoms with Gasteiger partial charge in [0.15, 0.2) is 12.4 Å². The smallest absolute Gasteiger partial charge is 0.306 e. The number of ether oxygens (including phenoxy) is 1. The van der Waals surface area contributed by atoms with E-state index in [2.05, 4.69) is 0 Å². The van der Waals surface area contributed by atoms with Crippen molar-refractivity contribution in [3.05, 3.63) is 70.8 Å². The van der Waals surface area contributed by atoms with Crippen LogP contribution in [0.5, 0.6) is 0 Å². The molecule has 148 valence electrons. The minimum Gasteiger partial charge on any atom is -0.456 e. The summed E-state index contributed by atoms with van der Waals surface area (Å²) in [7, 11) is 1.68. The van der Waals surface area contributed by atoms with Gasteiger partial charge in [0.25, 0.3) is 5.91 Å². The summed E-state index contributed by atoms with van der Waals surface area (Å²) in [5.41, 5.74) is 3.74. The maximum absolute atomic E-state index is 12.3. The van der Waals surface area contributed by atoms with Crippen molar-refractivity contribution in [1.82, 2.24) is 4.90 Å². The van der Waals surface area contributed by atoms with Crippen LogP contribution in [0.3, 0.4) is 0 Å². The van der Waals surface area contributed by atoms with Crippen LogP contribution in [0.25, 0.3) is 0 Å². The van der Waals surface area contributed by atoms with E-state index in [9.17, 15) is 14.4 Å². The summed E-state index contributed by atoms with van der Waals surface area (Å²) in [5.74, 6) is -0.947. The number of hydrogen-bond acceptors (Lipinski definition) is 4. The fourth-order valence-electron chi connectivity index (χ4n) is 2.76. The molecule has 0 spiro atoms. The van der Waals surface area contributed by atoms with Crippen molar-refractivity contribution in [2.45, 2.75) is 39.7 Å². The molecular weight excluding hydrogens is 354 g/mol. The van der Waals surface area contributed by atoms with E-state index in [-0.39, 0.29) is 37.2 Å². The number of nitrogens with zero attached hydrogens (tertiary/aromatic N) is 1. The number of ketones is 1. The predicted molar refractivity (Wildman–Crippen MR) is 108 cm³/mol. The third kappa shape index (κ3) is 5.78. The number of Topliss-reactive ketones (excluding diaryl/α,β-unsaturated/α-hetero) is 1. The van der Waals surface area contributed by atoms with Gasteiger partial charge in [-0.3, -0.25) is 14.4 Å². The van der Waals surface area contributed by atoms with E-state index in [1.54, 1.807) is 18.0 Å². The molecule has 1 amide bonds. The maximum atomic E-state index is 12.3. The Labute approximate surface area is 166 Å². The van der Waals surface area contributed by atoms with Crippen molar-refractivity contribution < 1.29 is 19.1 Å². The zero-order valence-electron chi connectivity index (χ0n) is 16.9. The Morgan fingerprint density at radius 3 is 2.29 bits per heavy atom. The van der Waals surface area contributed by atoms with Crippen molar-refractivity contribution in [1.29, 1.82) is 0 Å². The van der Waals surface area contributed by atoms with E-state index in [0.29, 0.717) is 5.56 Å². The van der Waals surface area contributed by atoms with Crippen LogP contribution in [0, 0.1) is 13.8 Å². The Balaban J connectivity index is 1.79. The summed E-state index contributed by atoms with van der Waals surface area (Å²) in [6.45, 7) is 5.51. The van der Waals surface area contributed by atoms with Gasteiger partial charge in [0.2, 0.25) is 0 Å². The van der Waals surface area contributed by atoms with Gasteiger partial charge in [0.1, 0.15) is 0 Å². The molecule has 5 heteroatoms. The highest BCUT2D eigenvalue weighted by molar-refractivity contribution is 5.97. The van der Waals surface area contributed by atoms with E-state index in [1.807, 2.05) is 63.2 Å². The Morgan fingerprint density at radius 2 is 1.64 bits per heavy atom. The SMILES string of the molecule is Cc1ccc(C(=O)CCC(=O)OCC(=O)N(C)C(C)c2ccccc2)cc1C. The number of esters is 1. The summed E-state index contributed by atoms with van der Waals surface area (Å²) in [6, 6.07) is 15.0. The number of carbonyl (C=O) groups is 3. The molecule has 5 nitrogen and oxygen atoms in total. The van der Waals surface area contributed by atoms with Gasteiger partial charge in [-0.15, -0.1) is 0 Å². The molecular formula is C23H27NO4. The fraction of sp³-hybridized carbons (Fsp3) is 0.348. The first-order chi connectivity index (χ1) is 13.3. The summed E-state index contributed by atoms with van der Waals surface area (Å²) < 4.78 is 5.06. The van der Waals surface area contributed by atoms with Gasteiger partial charge in [0, 0.05) is 19.0 Å². The fourth-order valence-corrected chi connectivity index (χ4v) is 2.76. The molecule has 2 rings (SSSR count). The number of amides is 1. The second-order valence-corrected chi connectivity index (χ2v) is 6.97. The average molecular weight is 381 g/mol.